The minimum absolute atomic E-state index is 0.0661. The number of anilines is 1. The van der Waals surface area contributed by atoms with Gasteiger partial charge in [0.25, 0.3) is 5.91 Å². The van der Waals surface area contributed by atoms with Gasteiger partial charge in [-0.3, -0.25) is 4.79 Å². The molecule has 138 valence electrons. The van der Waals surface area contributed by atoms with E-state index < -0.39 is 0 Å². The average Bonchev–Trinajstić information content (AvgIpc) is 2.71. The lowest BCUT2D eigenvalue weighted by molar-refractivity contribution is -0.128. The highest BCUT2D eigenvalue weighted by molar-refractivity contribution is 6.32. The molecule has 0 unspecified atom stereocenters. The third-order valence-corrected chi connectivity index (χ3v) is 5.05. The van der Waals surface area contributed by atoms with Gasteiger partial charge in [0.1, 0.15) is 11.6 Å². The lowest BCUT2D eigenvalue weighted by atomic mass is 9.90. The molecule has 0 atom stereocenters. The first-order chi connectivity index (χ1) is 13.2. The molecule has 1 N–H and O–H groups in total. The fourth-order valence-corrected chi connectivity index (χ4v) is 3.42. The molecule has 1 aliphatic heterocycles. The lowest BCUT2D eigenvalue weighted by Gasteiger charge is -2.32. The maximum absolute atomic E-state index is 12.6. The fourth-order valence-electron chi connectivity index (χ4n) is 3.24. The molecular formula is C21H21ClN4O. The van der Waals surface area contributed by atoms with E-state index in [1.165, 1.54) is 11.8 Å². The van der Waals surface area contributed by atoms with Crippen LogP contribution in [0.5, 0.6) is 0 Å². The van der Waals surface area contributed by atoms with Crippen molar-refractivity contribution in [3.05, 3.63) is 71.2 Å². The first-order valence-electron chi connectivity index (χ1n) is 8.98. The van der Waals surface area contributed by atoms with E-state index >= 15 is 0 Å². The van der Waals surface area contributed by atoms with Crippen molar-refractivity contribution in [1.82, 2.24) is 9.88 Å². The highest BCUT2D eigenvalue weighted by Crippen LogP contribution is 2.23. The number of nitriles is 1. The Balaban J connectivity index is 1.56. The van der Waals surface area contributed by atoms with Crippen molar-refractivity contribution in [3.8, 4) is 6.07 Å². The molecule has 2 aromatic rings. The Morgan fingerprint density at radius 3 is 2.67 bits per heavy atom. The molecule has 2 heterocycles. The SMILES string of the molecule is N#C/C(=C/Nc1cccnc1Cl)C(=O)N1CCC(Cc2ccccc2)CC1. The Hall–Kier alpha value is -2.84. The smallest absolute Gasteiger partial charge is 0.266 e. The van der Waals surface area contributed by atoms with Crippen LogP contribution in [0.15, 0.2) is 60.4 Å². The van der Waals surface area contributed by atoms with Gasteiger partial charge in [0, 0.05) is 25.5 Å². The molecule has 0 spiro atoms. The summed E-state index contributed by atoms with van der Waals surface area (Å²) in [5.41, 5.74) is 1.95. The van der Waals surface area contributed by atoms with Gasteiger partial charge < -0.3 is 10.2 Å². The molecule has 27 heavy (non-hydrogen) atoms. The number of likely N-dealkylation sites (tertiary alicyclic amines) is 1. The fraction of sp³-hybridized carbons (Fsp3) is 0.286. The zero-order chi connectivity index (χ0) is 19.1. The molecule has 6 heteroatoms. The summed E-state index contributed by atoms with van der Waals surface area (Å²) in [6, 6.07) is 15.9. The third-order valence-electron chi connectivity index (χ3n) is 4.75. The summed E-state index contributed by atoms with van der Waals surface area (Å²) in [5.74, 6) is 0.321. The Kier molecular flexibility index (Phi) is 6.45. The predicted molar refractivity (Wildman–Crippen MR) is 106 cm³/mol. The molecule has 0 radical (unpaired) electrons. The topological polar surface area (TPSA) is 69.0 Å². The zero-order valence-corrected chi connectivity index (χ0v) is 15.7. The van der Waals surface area contributed by atoms with Crippen LogP contribution in [0.3, 0.4) is 0 Å². The van der Waals surface area contributed by atoms with E-state index in [2.05, 4.69) is 34.6 Å². The molecule has 1 amide bonds. The average molecular weight is 381 g/mol. The largest absolute Gasteiger partial charge is 0.358 e. The number of halogens is 1. The van der Waals surface area contributed by atoms with Crippen LogP contribution < -0.4 is 5.32 Å². The van der Waals surface area contributed by atoms with Crippen LogP contribution in [0, 0.1) is 17.2 Å². The van der Waals surface area contributed by atoms with Crippen LogP contribution in [0.2, 0.25) is 5.15 Å². The van der Waals surface area contributed by atoms with E-state index in [9.17, 15) is 10.1 Å². The van der Waals surface area contributed by atoms with Crippen LogP contribution in [0.25, 0.3) is 0 Å². The third kappa shape index (κ3) is 5.08. The number of piperidine rings is 1. The Bertz CT molecular complexity index is 852. The number of pyridine rings is 1. The van der Waals surface area contributed by atoms with Crippen LogP contribution in [0.1, 0.15) is 18.4 Å². The molecule has 3 rings (SSSR count). The van der Waals surface area contributed by atoms with Gasteiger partial charge in [-0.2, -0.15) is 5.26 Å². The molecule has 0 aliphatic carbocycles. The van der Waals surface area contributed by atoms with Crippen molar-refractivity contribution in [2.24, 2.45) is 5.92 Å². The van der Waals surface area contributed by atoms with E-state index in [1.807, 2.05) is 12.1 Å². The Morgan fingerprint density at radius 1 is 1.26 bits per heavy atom. The summed E-state index contributed by atoms with van der Waals surface area (Å²) in [6.07, 6.45) is 5.90. The normalized spacial score (nSPS) is 15.3. The monoisotopic (exact) mass is 380 g/mol. The number of benzene rings is 1. The minimum atomic E-state index is -0.247. The molecule has 1 aromatic heterocycles. The summed E-state index contributed by atoms with van der Waals surface area (Å²) in [4.78, 5) is 18.4. The second-order valence-corrected chi connectivity index (χ2v) is 6.94. The lowest BCUT2D eigenvalue weighted by Crippen LogP contribution is -2.39. The van der Waals surface area contributed by atoms with Gasteiger partial charge in [0.05, 0.1) is 5.69 Å². The molecule has 1 fully saturated rings. The van der Waals surface area contributed by atoms with Crippen LogP contribution in [-0.2, 0) is 11.2 Å². The number of carbonyl (C=O) groups excluding carboxylic acids is 1. The molecule has 1 saturated heterocycles. The quantitative estimate of drug-likeness (QED) is 0.483. The summed E-state index contributed by atoms with van der Waals surface area (Å²) in [5, 5.41) is 12.6. The van der Waals surface area contributed by atoms with Crippen LogP contribution >= 0.6 is 11.6 Å². The van der Waals surface area contributed by atoms with Gasteiger partial charge in [0.15, 0.2) is 5.15 Å². The standard InChI is InChI=1S/C21H21ClN4O/c22-20-19(7-4-10-24-20)25-15-18(14-23)21(27)26-11-8-17(9-12-26)13-16-5-2-1-3-6-16/h1-7,10,15,17,25H,8-9,11-13H2/b18-15-. The summed E-state index contributed by atoms with van der Waals surface area (Å²) in [7, 11) is 0. The van der Waals surface area contributed by atoms with Crippen molar-refractivity contribution in [1.29, 1.82) is 5.26 Å². The van der Waals surface area contributed by atoms with Gasteiger partial charge in [-0.25, -0.2) is 4.98 Å². The van der Waals surface area contributed by atoms with E-state index in [0.29, 0.717) is 29.8 Å². The number of nitrogens with one attached hydrogen (secondary N) is 1. The van der Waals surface area contributed by atoms with Gasteiger partial charge in [-0.15, -0.1) is 0 Å². The second-order valence-electron chi connectivity index (χ2n) is 6.58. The van der Waals surface area contributed by atoms with Crippen molar-refractivity contribution in [2.75, 3.05) is 18.4 Å². The number of hydrogen-bond acceptors (Lipinski definition) is 4. The van der Waals surface area contributed by atoms with E-state index in [1.54, 1.807) is 23.2 Å². The van der Waals surface area contributed by atoms with Crippen LogP contribution in [-0.4, -0.2) is 28.9 Å². The molecule has 0 bridgehead atoms. The maximum Gasteiger partial charge on any atom is 0.266 e. The first kappa shape index (κ1) is 18.9. The number of amides is 1. The number of aromatic nitrogens is 1. The van der Waals surface area contributed by atoms with Crippen molar-refractivity contribution >= 4 is 23.2 Å². The van der Waals surface area contributed by atoms with Gasteiger partial charge in [-0.05, 0) is 42.9 Å². The number of rotatable bonds is 5. The minimum Gasteiger partial charge on any atom is -0.358 e. The van der Waals surface area contributed by atoms with Crippen LogP contribution in [0.4, 0.5) is 5.69 Å². The zero-order valence-electron chi connectivity index (χ0n) is 14.9. The van der Waals surface area contributed by atoms with E-state index in [-0.39, 0.29) is 11.5 Å². The summed E-state index contributed by atoms with van der Waals surface area (Å²) < 4.78 is 0. The summed E-state index contributed by atoms with van der Waals surface area (Å²) >= 11 is 5.98. The highest BCUT2D eigenvalue weighted by atomic mass is 35.5. The summed E-state index contributed by atoms with van der Waals surface area (Å²) in [6.45, 7) is 1.34. The number of carbonyl (C=O) groups is 1. The van der Waals surface area contributed by atoms with Gasteiger partial charge >= 0.3 is 0 Å². The van der Waals surface area contributed by atoms with E-state index in [4.69, 9.17) is 11.6 Å². The predicted octanol–water partition coefficient (Wildman–Crippen LogP) is 4.04. The van der Waals surface area contributed by atoms with E-state index in [0.717, 1.165) is 19.3 Å². The molecule has 5 nitrogen and oxygen atoms in total. The second kappa shape index (κ2) is 9.20. The first-order valence-corrected chi connectivity index (χ1v) is 9.35. The Labute approximate surface area is 164 Å². The molecule has 1 aliphatic rings. The molecule has 1 aromatic carbocycles. The van der Waals surface area contributed by atoms with Crippen molar-refractivity contribution in [3.63, 3.8) is 0 Å². The maximum atomic E-state index is 12.6. The van der Waals surface area contributed by atoms with Gasteiger partial charge in [-0.1, -0.05) is 41.9 Å². The molecular weight excluding hydrogens is 360 g/mol. The van der Waals surface area contributed by atoms with Crippen molar-refractivity contribution < 1.29 is 4.79 Å². The Morgan fingerprint density at radius 2 is 2.00 bits per heavy atom. The molecule has 0 saturated carbocycles. The van der Waals surface area contributed by atoms with Crippen molar-refractivity contribution in [2.45, 2.75) is 19.3 Å². The van der Waals surface area contributed by atoms with Gasteiger partial charge in [0.2, 0.25) is 0 Å². The number of hydrogen-bond donors (Lipinski definition) is 1. The highest BCUT2D eigenvalue weighted by Gasteiger charge is 2.25. The number of nitrogens with zero attached hydrogens (tertiary/aromatic N) is 3.